The summed E-state index contributed by atoms with van der Waals surface area (Å²) in [7, 11) is 0. The smallest absolute Gasteiger partial charge is 0.317 e. The molecule has 0 aromatic rings. The van der Waals surface area contributed by atoms with Crippen molar-refractivity contribution in [1.29, 1.82) is 0 Å². The third-order valence-electron chi connectivity index (χ3n) is 4.15. The monoisotopic (exact) mass is 283 g/mol. The Balaban J connectivity index is 1.83. The highest BCUT2D eigenvalue weighted by Crippen LogP contribution is 2.21. The fraction of sp³-hybridized carbons (Fsp3) is 0.857. The molecule has 2 aliphatic rings. The van der Waals surface area contributed by atoms with E-state index in [1.54, 1.807) is 13.8 Å². The molecule has 1 unspecified atom stereocenters. The number of carboxylic acid groups (broad SMARTS) is 1. The molecular formula is C14H25N3O3. The summed E-state index contributed by atoms with van der Waals surface area (Å²) in [5.41, 5.74) is -0.714. The van der Waals surface area contributed by atoms with Crippen LogP contribution in [0.1, 0.15) is 39.5 Å². The summed E-state index contributed by atoms with van der Waals surface area (Å²) in [6.45, 7) is 7.29. The molecule has 2 rings (SSSR count). The van der Waals surface area contributed by atoms with E-state index in [4.69, 9.17) is 5.11 Å². The van der Waals surface area contributed by atoms with E-state index in [1.165, 1.54) is 12.8 Å². The van der Waals surface area contributed by atoms with Gasteiger partial charge in [0.05, 0.1) is 6.42 Å². The highest BCUT2D eigenvalue weighted by Gasteiger charge is 2.33. The molecule has 0 aromatic heterocycles. The van der Waals surface area contributed by atoms with Gasteiger partial charge in [-0.3, -0.25) is 9.69 Å². The first-order valence-electron chi connectivity index (χ1n) is 7.40. The van der Waals surface area contributed by atoms with Gasteiger partial charge in [0, 0.05) is 24.7 Å². The van der Waals surface area contributed by atoms with E-state index in [0.29, 0.717) is 6.04 Å². The van der Waals surface area contributed by atoms with Crippen LogP contribution in [0.25, 0.3) is 0 Å². The summed E-state index contributed by atoms with van der Waals surface area (Å²) in [5, 5.41) is 11.7. The number of urea groups is 1. The topological polar surface area (TPSA) is 72.9 Å². The first kappa shape index (κ1) is 15.1. The van der Waals surface area contributed by atoms with Crippen LogP contribution in [-0.4, -0.2) is 64.7 Å². The largest absolute Gasteiger partial charge is 0.481 e. The van der Waals surface area contributed by atoms with Crippen molar-refractivity contribution in [3.05, 3.63) is 0 Å². The fourth-order valence-electron chi connectivity index (χ4n) is 3.12. The van der Waals surface area contributed by atoms with Gasteiger partial charge in [-0.15, -0.1) is 0 Å². The molecule has 2 heterocycles. The standard InChI is InChI=1S/C14H25N3O3/c1-14(2,9-12(18)19)15-13(20)17-8-5-11(10-17)16-6-3-4-7-16/h11H,3-10H2,1-2H3,(H,15,20)(H,18,19). The first-order valence-corrected chi connectivity index (χ1v) is 7.40. The predicted molar refractivity (Wildman–Crippen MR) is 75.6 cm³/mol. The fourth-order valence-corrected chi connectivity index (χ4v) is 3.12. The number of carboxylic acids is 1. The maximum Gasteiger partial charge on any atom is 0.317 e. The van der Waals surface area contributed by atoms with Crippen LogP contribution in [0.3, 0.4) is 0 Å². The number of likely N-dealkylation sites (tertiary alicyclic amines) is 2. The lowest BCUT2D eigenvalue weighted by molar-refractivity contribution is -0.138. The molecule has 2 aliphatic heterocycles. The zero-order valence-electron chi connectivity index (χ0n) is 12.4. The average molecular weight is 283 g/mol. The van der Waals surface area contributed by atoms with E-state index in [0.717, 1.165) is 32.6 Å². The summed E-state index contributed by atoms with van der Waals surface area (Å²) in [6.07, 6.45) is 3.47. The zero-order valence-corrected chi connectivity index (χ0v) is 12.4. The normalized spacial score (nSPS) is 24.1. The third-order valence-corrected chi connectivity index (χ3v) is 4.15. The first-order chi connectivity index (χ1) is 9.37. The van der Waals surface area contributed by atoms with Crippen molar-refractivity contribution in [3.63, 3.8) is 0 Å². The molecule has 2 amide bonds. The Bertz CT molecular complexity index is 378. The maximum atomic E-state index is 12.2. The number of carbonyl (C=O) groups is 2. The molecule has 20 heavy (non-hydrogen) atoms. The van der Waals surface area contributed by atoms with E-state index in [1.807, 2.05) is 4.90 Å². The van der Waals surface area contributed by atoms with Gasteiger partial charge in [0.1, 0.15) is 0 Å². The Hall–Kier alpha value is -1.30. The van der Waals surface area contributed by atoms with Gasteiger partial charge in [-0.05, 0) is 46.2 Å². The molecule has 2 fully saturated rings. The lowest BCUT2D eigenvalue weighted by Crippen LogP contribution is -2.51. The van der Waals surface area contributed by atoms with E-state index in [9.17, 15) is 9.59 Å². The molecular weight excluding hydrogens is 258 g/mol. The number of carbonyl (C=O) groups excluding carboxylic acids is 1. The van der Waals surface area contributed by atoms with Crippen LogP contribution in [0, 0.1) is 0 Å². The second kappa shape index (κ2) is 5.99. The van der Waals surface area contributed by atoms with Crippen LogP contribution in [0.2, 0.25) is 0 Å². The number of amides is 2. The van der Waals surface area contributed by atoms with Crippen molar-refractivity contribution in [2.75, 3.05) is 26.2 Å². The third kappa shape index (κ3) is 3.85. The number of hydrogen-bond acceptors (Lipinski definition) is 3. The molecule has 6 nitrogen and oxygen atoms in total. The molecule has 114 valence electrons. The van der Waals surface area contributed by atoms with Gasteiger partial charge in [0.2, 0.25) is 0 Å². The van der Waals surface area contributed by atoms with Crippen molar-refractivity contribution >= 4 is 12.0 Å². The predicted octanol–water partition coefficient (Wildman–Crippen LogP) is 1.12. The number of nitrogens with zero attached hydrogens (tertiary/aromatic N) is 2. The minimum atomic E-state index is -0.897. The summed E-state index contributed by atoms with van der Waals surface area (Å²) >= 11 is 0. The Labute approximate surface area is 120 Å². The van der Waals surface area contributed by atoms with Crippen molar-refractivity contribution in [2.24, 2.45) is 0 Å². The van der Waals surface area contributed by atoms with Gasteiger partial charge in [-0.2, -0.15) is 0 Å². The second-order valence-corrected chi connectivity index (χ2v) is 6.52. The van der Waals surface area contributed by atoms with Crippen molar-refractivity contribution in [1.82, 2.24) is 15.1 Å². The quantitative estimate of drug-likeness (QED) is 0.811. The lowest BCUT2D eigenvalue weighted by atomic mass is 10.0. The molecule has 0 aromatic carbocycles. The van der Waals surface area contributed by atoms with E-state index < -0.39 is 11.5 Å². The highest BCUT2D eigenvalue weighted by molar-refractivity contribution is 5.77. The van der Waals surface area contributed by atoms with Crippen LogP contribution in [0.5, 0.6) is 0 Å². The Morgan fingerprint density at radius 2 is 1.90 bits per heavy atom. The van der Waals surface area contributed by atoms with Gasteiger partial charge in [-0.25, -0.2) is 4.79 Å². The molecule has 0 aliphatic carbocycles. The maximum absolute atomic E-state index is 12.2. The lowest BCUT2D eigenvalue weighted by Gasteiger charge is -2.28. The van der Waals surface area contributed by atoms with Crippen LogP contribution in [0.4, 0.5) is 4.79 Å². The SMILES string of the molecule is CC(C)(CC(=O)O)NC(=O)N1CCC(N2CCCC2)C1. The van der Waals surface area contributed by atoms with Crippen LogP contribution < -0.4 is 5.32 Å². The molecule has 2 N–H and O–H groups in total. The number of nitrogens with one attached hydrogen (secondary N) is 1. The molecule has 0 saturated carbocycles. The zero-order chi connectivity index (χ0) is 14.8. The number of aliphatic carboxylic acids is 1. The van der Waals surface area contributed by atoms with Crippen molar-refractivity contribution in [2.45, 2.75) is 51.1 Å². The van der Waals surface area contributed by atoms with Crippen LogP contribution >= 0.6 is 0 Å². The molecule has 6 heteroatoms. The summed E-state index contributed by atoms with van der Waals surface area (Å²) in [4.78, 5) is 27.3. The summed E-state index contributed by atoms with van der Waals surface area (Å²) < 4.78 is 0. The van der Waals surface area contributed by atoms with Crippen LogP contribution in [0.15, 0.2) is 0 Å². The summed E-state index contributed by atoms with van der Waals surface area (Å²) in [6, 6.07) is 0.337. The van der Waals surface area contributed by atoms with Gasteiger partial charge < -0.3 is 15.3 Å². The second-order valence-electron chi connectivity index (χ2n) is 6.52. The molecule has 0 bridgehead atoms. The van der Waals surface area contributed by atoms with Crippen LogP contribution in [-0.2, 0) is 4.79 Å². The van der Waals surface area contributed by atoms with Gasteiger partial charge >= 0.3 is 12.0 Å². The molecule has 1 atom stereocenters. The number of hydrogen-bond donors (Lipinski definition) is 2. The summed E-state index contributed by atoms with van der Waals surface area (Å²) in [5.74, 6) is -0.897. The van der Waals surface area contributed by atoms with E-state index >= 15 is 0 Å². The van der Waals surface area contributed by atoms with Crippen molar-refractivity contribution in [3.8, 4) is 0 Å². The van der Waals surface area contributed by atoms with Gasteiger partial charge in [0.25, 0.3) is 0 Å². The minimum absolute atomic E-state index is 0.0673. The van der Waals surface area contributed by atoms with E-state index in [-0.39, 0.29) is 12.5 Å². The number of rotatable bonds is 4. The van der Waals surface area contributed by atoms with E-state index in [2.05, 4.69) is 10.2 Å². The molecule has 0 spiro atoms. The molecule has 0 radical (unpaired) electrons. The Morgan fingerprint density at radius 3 is 2.50 bits per heavy atom. The average Bonchev–Trinajstić information content (AvgIpc) is 2.97. The van der Waals surface area contributed by atoms with Crippen molar-refractivity contribution < 1.29 is 14.7 Å². The highest BCUT2D eigenvalue weighted by atomic mass is 16.4. The Morgan fingerprint density at radius 1 is 1.25 bits per heavy atom. The Kier molecular flexibility index (Phi) is 4.52. The van der Waals surface area contributed by atoms with Gasteiger partial charge in [-0.1, -0.05) is 0 Å². The molecule has 2 saturated heterocycles. The minimum Gasteiger partial charge on any atom is -0.481 e. The van der Waals surface area contributed by atoms with Gasteiger partial charge in [0.15, 0.2) is 0 Å².